The monoisotopic (exact) mass is 203 g/mol. The molecular weight excluding hydrogens is 194 g/mol. The van der Waals surface area contributed by atoms with Gasteiger partial charge in [0.15, 0.2) is 0 Å². The van der Waals surface area contributed by atoms with E-state index in [1.54, 1.807) is 31.6 Å². The van der Waals surface area contributed by atoms with Crippen LogP contribution in [0.15, 0.2) is 40.2 Å². The van der Waals surface area contributed by atoms with Gasteiger partial charge >= 0.3 is 5.69 Å². The quantitative estimate of drug-likeness (QED) is 0.716. The molecule has 0 radical (unpaired) electrons. The van der Waals surface area contributed by atoms with Gasteiger partial charge in [0.25, 0.3) is 5.56 Å². The van der Waals surface area contributed by atoms with E-state index in [-0.39, 0.29) is 0 Å². The van der Waals surface area contributed by atoms with Gasteiger partial charge in [0.05, 0.1) is 5.69 Å². The van der Waals surface area contributed by atoms with Gasteiger partial charge in [-0.15, -0.1) is 0 Å². The average molecular weight is 203 g/mol. The predicted octanol–water partition coefficient (Wildman–Crippen LogP) is 0.136. The minimum atomic E-state index is -0.429. The van der Waals surface area contributed by atoms with Gasteiger partial charge in [0, 0.05) is 31.1 Å². The predicted molar refractivity (Wildman–Crippen MR) is 55.5 cm³/mol. The van der Waals surface area contributed by atoms with E-state index >= 15 is 0 Å². The molecule has 2 heterocycles. The fourth-order valence-corrected chi connectivity index (χ4v) is 1.35. The first-order valence-electron chi connectivity index (χ1n) is 4.39. The molecule has 0 fully saturated rings. The number of H-pyrrole nitrogens is 1. The number of aromatic amines is 1. The second kappa shape index (κ2) is 3.53. The van der Waals surface area contributed by atoms with Crippen molar-refractivity contribution in [3.8, 4) is 11.3 Å². The standard InChI is InChI=1S/C10H9N3O2/c1-13-8(5-9(14)12-10(13)15)7-3-2-4-11-6-7/h2-6H,1H3,(H,12,14,15). The zero-order valence-corrected chi connectivity index (χ0v) is 8.10. The van der Waals surface area contributed by atoms with Crippen LogP contribution in [-0.4, -0.2) is 14.5 Å². The van der Waals surface area contributed by atoms with Crippen molar-refractivity contribution in [1.29, 1.82) is 0 Å². The molecular formula is C10H9N3O2. The minimum Gasteiger partial charge on any atom is -0.296 e. The van der Waals surface area contributed by atoms with E-state index < -0.39 is 11.2 Å². The van der Waals surface area contributed by atoms with Crippen molar-refractivity contribution in [3.63, 3.8) is 0 Å². The van der Waals surface area contributed by atoms with Gasteiger partial charge in [0.1, 0.15) is 0 Å². The third-order valence-electron chi connectivity index (χ3n) is 2.12. The zero-order valence-electron chi connectivity index (χ0n) is 8.10. The topological polar surface area (TPSA) is 67.8 Å². The number of nitrogens with zero attached hydrogens (tertiary/aromatic N) is 2. The third kappa shape index (κ3) is 1.71. The summed E-state index contributed by atoms with van der Waals surface area (Å²) in [6.07, 6.45) is 3.24. The first-order chi connectivity index (χ1) is 7.18. The molecule has 0 unspecified atom stereocenters. The highest BCUT2D eigenvalue weighted by Gasteiger charge is 2.04. The molecule has 0 aliphatic rings. The Morgan fingerprint density at radius 2 is 2.20 bits per heavy atom. The third-order valence-corrected chi connectivity index (χ3v) is 2.12. The average Bonchev–Trinajstić information content (AvgIpc) is 2.24. The van der Waals surface area contributed by atoms with E-state index in [4.69, 9.17) is 0 Å². The number of nitrogens with one attached hydrogen (secondary N) is 1. The van der Waals surface area contributed by atoms with Crippen LogP contribution >= 0.6 is 0 Å². The maximum absolute atomic E-state index is 11.3. The summed E-state index contributed by atoms with van der Waals surface area (Å²) in [4.78, 5) is 28.6. The Bertz CT molecular complexity index is 584. The molecule has 1 N–H and O–H groups in total. The van der Waals surface area contributed by atoms with Crippen molar-refractivity contribution in [1.82, 2.24) is 14.5 Å². The van der Waals surface area contributed by atoms with Gasteiger partial charge in [-0.05, 0) is 12.1 Å². The Kier molecular flexibility index (Phi) is 2.21. The summed E-state index contributed by atoms with van der Waals surface area (Å²) in [6.45, 7) is 0. The minimum absolute atomic E-state index is 0.406. The lowest BCUT2D eigenvalue weighted by molar-refractivity contribution is 0.808. The van der Waals surface area contributed by atoms with E-state index in [2.05, 4.69) is 9.97 Å². The van der Waals surface area contributed by atoms with E-state index in [0.717, 1.165) is 5.56 Å². The first-order valence-corrected chi connectivity index (χ1v) is 4.39. The lowest BCUT2D eigenvalue weighted by Crippen LogP contribution is -2.28. The van der Waals surface area contributed by atoms with Crippen LogP contribution in [0.25, 0.3) is 11.3 Å². The fraction of sp³-hybridized carbons (Fsp3) is 0.100. The van der Waals surface area contributed by atoms with Crippen molar-refractivity contribution in [2.75, 3.05) is 0 Å². The summed E-state index contributed by atoms with van der Waals surface area (Å²) >= 11 is 0. The summed E-state index contributed by atoms with van der Waals surface area (Å²) in [7, 11) is 1.60. The van der Waals surface area contributed by atoms with Crippen LogP contribution in [0.1, 0.15) is 0 Å². The van der Waals surface area contributed by atoms with E-state index in [1.807, 2.05) is 0 Å². The van der Waals surface area contributed by atoms with Crippen molar-refractivity contribution in [2.24, 2.45) is 7.05 Å². The molecule has 2 rings (SSSR count). The van der Waals surface area contributed by atoms with Crippen LogP contribution in [0.4, 0.5) is 0 Å². The second-order valence-electron chi connectivity index (χ2n) is 3.12. The molecule has 0 atom stereocenters. The molecule has 5 heteroatoms. The van der Waals surface area contributed by atoms with Gasteiger partial charge in [-0.2, -0.15) is 0 Å². The lowest BCUT2D eigenvalue weighted by Gasteiger charge is -2.05. The molecule has 0 saturated heterocycles. The van der Waals surface area contributed by atoms with Gasteiger partial charge in [-0.3, -0.25) is 19.3 Å². The SMILES string of the molecule is Cn1c(-c2cccnc2)cc(=O)[nH]c1=O. The van der Waals surface area contributed by atoms with E-state index in [9.17, 15) is 9.59 Å². The van der Waals surface area contributed by atoms with Crippen LogP contribution in [0.2, 0.25) is 0 Å². The summed E-state index contributed by atoms with van der Waals surface area (Å²) in [5.41, 5.74) is 0.457. The molecule has 15 heavy (non-hydrogen) atoms. The maximum atomic E-state index is 11.3. The zero-order chi connectivity index (χ0) is 10.8. The van der Waals surface area contributed by atoms with Crippen molar-refractivity contribution in [3.05, 3.63) is 51.4 Å². The fourth-order valence-electron chi connectivity index (χ4n) is 1.35. The summed E-state index contributed by atoms with van der Waals surface area (Å²) in [5.74, 6) is 0. The number of aromatic nitrogens is 3. The van der Waals surface area contributed by atoms with Crippen molar-refractivity contribution < 1.29 is 0 Å². The number of hydrogen-bond donors (Lipinski definition) is 1. The van der Waals surface area contributed by atoms with Gasteiger partial charge in [-0.25, -0.2) is 4.79 Å². The Hall–Kier alpha value is -2.17. The number of hydrogen-bond acceptors (Lipinski definition) is 3. The van der Waals surface area contributed by atoms with E-state index in [0.29, 0.717) is 5.69 Å². The molecule has 0 aliphatic carbocycles. The van der Waals surface area contributed by atoms with Crippen LogP contribution in [-0.2, 0) is 7.05 Å². The number of pyridine rings is 1. The second-order valence-corrected chi connectivity index (χ2v) is 3.12. The van der Waals surface area contributed by atoms with Gasteiger partial charge < -0.3 is 0 Å². The molecule has 76 valence electrons. The summed E-state index contributed by atoms with van der Waals surface area (Å²) in [5, 5.41) is 0. The van der Waals surface area contributed by atoms with Crippen LogP contribution in [0.3, 0.4) is 0 Å². The Labute approximate surface area is 85.0 Å². The maximum Gasteiger partial charge on any atom is 0.328 e. The smallest absolute Gasteiger partial charge is 0.296 e. The Morgan fingerprint density at radius 3 is 2.87 bits per heavy atom. The molecule has 0 aromatic carbocycles. The molecule has 2 aromatic rings. The van der Waals surface area contributed by atoms with Crippen molar-refractivity contribution >= 4 is 0 Å². The molecule has 0 aliphatic heterocycles. The summed E-state index contributed by atoms with van der Waals surface area (Å²) in [6, 6.07) is 4.92. The molecule has 0 bridgehead atoms. The highest BCUT2D eigenvalue weighted by molar-refractivity contribution is 5.57. The van der Waals surface area contributed by atoms with Crippen LogP contribution in [0, 0.1) is 0 Å². The first kappa shape index (κ1) is 9.39. The molecule has 0 spiro atoms. The van der Waals surface area contributed by atoms with Crippen LogP contribution < -0.4 is 11.2 Å². The molecule has 2 aromatic heterocycles. The molecule has 0 amide bonds. The highest BCUT2D eigenvalue weighted by atomic mass is 16.2. The van der Waals surface area contributed by atoms with Crippen LogP contribution in [0.5, 0.6) is 0 Å². The Morgan fingerprint density at radius 1 is 1.40 bits per heavy atom. The largest absolute Gasteiger partial charge is 0.328 e. The lowest BCUT2D eigenvalue weighted by atomic mass is 10.2. The highest BCUT2D eigenvalue weighted by Crippen LogP contribution is 2.12. The number of rotatable bonds is 1. The van der Waals surface area contributed by atoms with Crippen molar-refractivity contribution in [2.45, 2.75) is 0 Å². The Balaban J connectivity index is 2.74. The normalized spacial score (nSPS) is 10.2. The van der Waals surface area contributed by atoms with E-state index in [1.165, 1.54) is 10.6 Å². The van der Waals surface area contributed by atoms with Gasteiger partial charge in [0.2, 0.25) is 0 Å². The summed E-state index contributed by atoms with van der Waals surface area (Å²) < 4.78 is 1.37. The molecule has 5 nitrogen and oxygen atoms in total. The molecule has 0 saturated carbocycles. The van der Waals surface area contributed by atoms with Gasteiger partial charge in [-0.1, -0.05) is 0 Å².